The fraction of sp³-hybridized carbons (Fsp3) is 0.238. The Labute approximate surface area is 162 Å². The molecule has 0 saturated heterocycles. The number of ether oxygens (including phenoxy) is 2. The summed E-state index contributed by atoms with van der Waals surface area (Å²) in [5.41, 5.74) is 1.26. The summed E-state index contributed by atoms with van der Waals surface area (Å²) < 4.78 is 10.2. The number of nitriles is 1. The predicted molar refractivity (Wildman–Crippen MR) is 102 cm³/mol. The van der Waals surface area contributed by atoms with Gasteiger partial charge in [-0.15, -0.1) is 0 Å². The SMILES string of the molecule is CCCC(=O)Nc1ccc(C(=O)COC(=O)COc2ccccc2C#N)cc1. The van der Waals surface area contributed by atoms with E-state index in [4.69, 9.17) is 14.7 Å². The van der Waals surface area contributed by atoms with Crippen LogP contribution < -0.4 is 10.1 Å². The van der Waals surface area contributed by atoms with Crippen LogP contribution in [0.15, 0.2) is 48.5 Å². The highest BCUT2D eigenvalue weighted by molar-refractivity contribution is 5.98. The molecule has 0 spiro atoms. The van der Waals surface area contributed by atoms with Crippen molar-refractivity contribution in [2.75, 3.05) is 18.5 Å². The maximum atomic E-state index is 12.1. The highest BCUT2D eigenvalue weighted by Gasteiger charge is 2.12. The van der Waals surface area contributed by atoms with Crippen LogP contribution >= 0.6 is 0 Å². The Kier molecular flexibility index (Phi) is 7.73. The summed E-state index contributed by atoms with van der Waals surface area (Å²) in [6.07, 6.45) is 1.18. The molecule has 0 heterocycles. The molecule has 0 aliphatic heterocycles. The number of benzene rings is 2. The number of hydrogen-bond donors (Lipinski definition) is 1. The van der Waals surface area contributed by atoms with Crippen LogP contribution in [0.5, 0.6) is 5.75 Å². The van der Waals surface area contributed by atoms with Crippen molar-refractivity contribution < 1.29 is 23.9 Å². The molecule has 7 nitrogen and oxygen atoms in total. The second kappa shape index (κ2) is 10.5. The van der Waals surface area contributed by atoms with E-state index in [9.17, 15) is 14.4 Å². The minimum Gasteiger partial charge on any atom is -0.481 e. The lowest BCUT2D eigenvalue weighted by Crippen LogP contribution is -2.19. The second-order valence-electron chi connectivity index (χ2n) is 5.86. The van der Waals surface area contributed by atoms with Crippen LogP contribution in [0.2, 0.25) is 0 Å². The zero-order chi connectivity index (χ0) is 20.4. The molecular formula is C21H20N2O5. The third-order valence-electron chi connectivity index (χ3n) is 3.68. The first kappa shape index (κ1) is 20.6. The quantitative estimate of drug-likeness (QED) is 0.529. The van der Waals surface area contributed by atoms with E-state index in [-0.39, 0.29) is 17.4 Å². The van der Waals surface area contributed by atoms with Gasteiger partial charge in [-0.1, -0.05) is 19.1 Å². The Morgan fingerprint density at radius 2 is 1.75 bits per heavy atom. The van der Waals surface area contributed by atoms with Gasteiger partial charge in [-0.25, -0.2) is 4.79 Å². The molecule has 2 aromatic rings. The van der Waals surface area contributed by atoms with Gasteiger partial charge in [-0.3, -0.25) is 9.59 Å². The van der Waals surface area contributed by atoms with Crippen LogP contribution in [-0.2, 0) is 14.3 Å². The number of ketones is 1. The molecule has 144 valence electrons. The molecule has 0 atom stereocenters. The molecule has 2 aromatic carbocycles. The first-order valence-corrected chi connectivity index (χ1v) is 8.74. The first-order chi connectivity index (χ1) is 13.5. The van der Waals surface area contributed by atoms with Gasteiger partial charge in [0.05, 0.1) is 5.56 Å². The van der Waals surface area contributed by atoms with Gasteiger partial charge in [-0.2, -0.15) is 5.26 Å². The van der Waals surface area contributed by atoms with E-state index in [1.807, 2.05) is 13.0 Å². The summed E-state index contributed by atoms with van der Waals surface area (Å²) in [4.78, 5) is 35.4. The number of para-hydroxylation sites is 1. The van der Waals surface area contributed by atoms with Gasteiger partial charge in [0, 0.05) is 17.7 Å². The normalized spacial score (nSPS) is 9.86. The topological polar surface area (TPSA) is 105 Å². The number of anilines is 1. The average molecular weight is 380 g/mol. The van der Waals surface area contributed by atoms with E-state index in [2.05, 4.69) is 5.32 Å². The smallest absolute Gasteiger partial charge is 0.344 e. The lowest BCUT2D eigenvalue weighted by atomic mass is 10.1. The first-order valence-electron chi connectivity index (χ1n) is 8.74. The second-order valence-corrected chi connectivity index (χ2v) is 5.86. The van der Waals surface area contributed by atoms with Crippen molar-refractivity contribution in [1.82, 2.24) is 0 Å². The maximum absolute atomic E-state index is 12.1. The fourth-order valence-electron chi connectivity index (χ4n) is 2.28. The molecule has 7 heteroatoms. The van der Waals surface area contributed by atoms with E-state index in [1.165, 1.54) is 0 Å². The zero-order valence-corrected chi connectivity index (χ0v) is 15.4. The van der Waals surface area contributed by atoms with Crippen molar-refractivity contribution in [3.63, 3.8) is 0 Å². The molecule has 0 aliphatic rings. The summed E-state index contributed by atoms with van der Waals surface area (Å²) in [5.74, 6) is -0.913. The minimum absolute atomic E-state index is 0.0894. The number of nitrogens with one attached hydrogen (secondary N) is 1. The Morgan fingerprint density at radius 1 is 1.04 bits per heavy atom. The molecule has 1 N–H and O–H groups in total. The number of esters is 1. The van der Waals surface area contributed by atoms with Gasteiger partial charge in [0.15, 0.2) is 19.0 Å². The molecule has 2 rings (SSSR count). The molecule has 28 heavy (non-hydrogen) atoms. The van der Waals surface area contributed by atoms with E-state index in [0.29, 0.717) is 23.2 Å². The lowest BCUT2D eigenvalue weighted by Gasteiger charge is -2.08. The average Bonchev–Trinajstić information content (AvgIpc) is 2.71. The number of carbonyl (C=O) groups excluding carboxylic acids is 3. The number of Topliss-reactive ketones (excluding diaryl/α,β-unsaturated/α-hetero) is 1. The van der Waals surface area contributed by atoms with E-state index < -0.39 is 19.2 Å². The summed E-state index contributed by atoms with van der Waals surface area (Å²) >= 11 is 0. The van der Waals surface area contributed by atoms with Crippen molar-refractivity contribution >= 4 is 23.3 Å². The van der Waals surface area contributed by atoms with Crippen LogP contribution in [0.1, 0.15) is 35.7 Å². The summed E-state index contributed by atoms with van der Waals surface area (Å²) in [6, 6.07) is 14.8. The molecule has 0 aromatic heterocycles. The molecule has 0 fully saturated rings. The van der Waals surface area contributed by atoms with Crippen LogP contribution in [0.25, 0.3) is 0 Å². The number of carbonyl (C=O) groups is 3. The highest BCUT2D eigenvalue weighted by atomic mass is 16.6. The van der Waals surface area contributed by atoms with Crippen LogP contribution in [-0.4, -0.2) is 30.9 Å². The van der Waals surface area contributed by atoms with Gasteiger partial charge in [0.25, 0.3) is 0 Å². The maximum Gasteiger partial charge on any atom is 0.344 e. The molecule has 1 amide bonds. The number of rotatable bonds is 9. The number of nitrogens with zero attached hydrogens (tertiary/aromatic N) is 1. The molecule has 0 radical (unpaired) electrons. The Morgan fingerprint density at radius 3 is 2.43 bits per heavy atom. The van der Waals surface area contributed by atoms with Crippen molar-refractivity contribution in [1.29, 1.82) is 5.26 Å². The Hall–Kier alpha value is -3.66. The van der Waals surface area contributed by atoms with Gasteiger partial charge in [-0.05, 0) is 42.8 Å². The minimum atomic E-state index is -0.718. The lowest BCUT2D eigenvalue weighted by molar-refractivity contribution is -0.144. The highest BCUT2D eigenvalue weighted by Crippen LogP contribution is 2.16. The van der Waals surface area contributed by atoms with Crippen LogP contribution in [0, 0.1) is 11.3 Å². The Bertz CT molecular complexity index is 884. The summed E-state index contributed by atoms with van der Waals surface area (Å²) in [5, 5.41) is 11.7. The number of amides is 1. The van der Waals surface area contributed by atoms with Crippen LogP contribution in [0.3, 0.4) is 0 Å². The van der Waals surface area contributed by atoms with Gasteiger partial charge < -0.3 is 14.8 Å². The predicted octanol–water partition coefficient (Wildman–Crippen LogP) is 3.10. The third kappa shape index (κ3) is 6.25. The summed E-state index contributed by atoms with van der Waals surface area (Å²) in [6.45, 7) is 1.08. The fourth-order valence-corrected chi connectivity index (χ4v) is 2.28. The van der Waals surface area contributed by atoms with Crippen molar-refractivity contribution in [2.24, 2.45) is 0 Å². The molecule has 0 saturated carbocycles. The molecular weight excluding hydrogens is 360 g/mol. The standard InChI is InChI=1S/C21H20N2O5/c1-2-5-20(25)23-17-10-8-15(9-11-17)18(24)13-28-21(26)14-27-19-7-4-3-6-16(19)12-22/h3-4,6-11H,2,5,13-14H2,1H3,(H,23,25). The van der Waals surface area contributed by atoms with Crippen molar-refractivity contribution in [3.8, 4) is 11.8 Å². The molecule has 0 unspecified atom stereocenters. The third-order valence-corrected chi connectivity index (χ3v) is 3.68. The van der Waals surface area contributed by atoms with Gasteiger partial charge >= 0.3 is 5.97 Å². The van der Waals surface area contributed by atoms with Crippen molar-refractivity contribution in [2.45, 2.75) is 19.8 Å². The largest absolute Gasteiger partial charge is 0.481 e. The van der Waals surface area contributed by atoms with E-state index >= 15 is 0 Å². The van der Waals surface area contributed by atoms with Crippen LogP contribution in [0.4, 0.5) is 5.69 Å². The van der Waals surface area contributed by atoms with Gasteiger partial charge in [0.2, 0.25) is 5.91 Å². The monoisotopic (exact) mass is 380 g/mol. The Balaban J connectivity index is 1.80. The molecule has 0 aliphatic carbocycles. The molecule has 0 bridgehead atoms. The summed E-state index contributed by atoms with van der Waals surface area (Å²) in [7, 11) is 0. The van der Waals surface area contributed by atoms with E-state index in [1.54, 1.807) is 48.5 Å². The zero-order valence-electron chi connectivity index (χ0n) is 15.4. The number of hydrogen-bond acceptors (Lipinski definition) is 6. The van der Waals surface area contributed by atoms with E-state index in [0.717, 1.165) is 6.42 Å². The van der Waals surface area contributed by atoms with Crippen molar-refractivity contribution in [3.05, 3.63) is 59.7 Å². The van der Waals surface area contributed by atoms with Gasteiger partial charge in [0.1, 0.15) is 11.8 Å².